The molecule has 0 radical (unpaired) electrons. The SMILES string of the molecule is Brc1ccccn1.CCC.CCN1C(=O)C(NC(=O)c2nccc(C(F)(F)F)n2)Cc2cnn(-c3ccccc3)c21. The fourth-order valence-corrected chi connectivity index (χ4v) is 4.05. The Morgan fingerprint density at radius 2 is 1.71 bits per heavy atom. The van der Waals surface area contributed by atoms with Gasteiger partial charge < -0.3 is 5.32 Å². The highest BCUT2D eigenvalue weighted by atomic mass is 79.9. The summed E-state index contributed by atoms with van der Waals surface area (Å²) in [6.45, 7) is 6.35. The maximum Gasteiger partial charge on any atom is 0.433 e. The maximum absolute atomic E-state index is 13.0. The van der Waals surface area contributed by atoms with E-state index in [1.807, 2.05) is 48.5 Å². The van der Waals surface area contributed by atoms with Crippen LogP contribution in [0.5, 0.6) is 0 Å². The van der Waals surface area contributed by atoms with Crippen molar-refractivity contribution >= 4 is 33.6 Å². The molecule has 0 bridgehead atoms. The quantitative estimate of drug-likeness (QED) is 0.292. The second-order valence-electron chi connectivity index (χ2n) is 8.68. The molecule has 2 amide bonds. The van der Waals surface area contributed by atoms with E-state index in [2.05, 4.69) is 55.1 Å². The van der Waals surface area contributed by atoms with Crippen LogP contribution >= 0.6 is 15.9 Å². The van der Waals surface area contributed by atoms with Crippen molar-refractivity contribution in [3.05, 3.63) is 94.9 Å². The number of benzene rings is 1. The van der Waals surface area contributed by atoms with Crippen LogP contribution in [0.1, 0.15) is 49.1 Å². The normalized spacial score (nSPS) is 14.2. The molecule has 9 nitrogen and oxygen atoms in total. The van der Waals surface area contributed by atoms with Gasteiger partial charge in [-0.05, 0) is 53.2 Å². The zero-order valence-corrected chi connectivity index (χ0v) is 24.2. The predicted molar refractivity (Wildman–Crippen MR) is 151 cm³/mol. The Morgan fingerprint density at radius 1 is 1.02 bits per heavy atom. The Labute approximate surface area is 244 Å². The third kappa shape index (κ3) is 8.19. The zero-order valence-electron chi connectivity index (χ0n) is 22.6. The van der Waals surface area contributed by atoms with Gasteiger partial charge in [-0.25, -0.2) is 19.6 Å². The first kappa shape index (κ1) is 31.4. The lowest BCUT2D eigenvalue weighted by Crippen LogP contribution is -2.53. The van der Waals surface area contributed by atoms with Gasteiger partial charge in [0.2, 0.25) is 5.82 Å². The van der Waals surface area contributed by atoms with Gasteiger partial charge >= 0.3 is 6.18 Å². The molecule has 1 N–H and O–H groups in total. The standard InChI is InChI=1S/C20H17F3N6O2.C5H4BrN.C3H8/c1-2-28-18-12(11-25-29(18)13-6-4-3-5-7-13)10-14(19(28)31)26-17(30)16-24-9-8-15(27-16)20(21,22)23;6-5-3-1-2-4-7-5;1-3-2/h3-9,11,14H,2,10H2,1H3,(H,26,30);1-4H;3H2,1-2H3. The van der Waals surface area contributed by atoms with Crippen LogP contribution in [0.3, 0.4) is 0 Å². The Morgan fingerprint density at radius 3 is 2.27 bits per heavy atom. The number of likely N-dealkylation sites (N-methyl/N-ethyl adjacent to an activating group) is 1. The van der Waals surface area contributed by atoms with Gasteiger partial charge in [-0.2, -0.15) is 18.3 Å². The molecular formula is C28H29BrF3N7O2. The van der Waals surface area contributed by atoms with E-state index < -0.39 is 35.6 Å². The Kier molecular flexibility index (Phi) is 11.1. The number of nitrogens with one attached hydrogen (secondary N) is 1. The average Bonchev–Trinajstić information content (AvgIpc) is 3.38. The lowest BCUT2D eigenvalue weighted by atomic mass is 10.0. The molecule has 3 aromatic heterocycles. The highest BCUT2D eigenvalue weighted by Gasteiger charge is 2.37. The van der Waals surface area contributed by atoms with E-state index in [-0.39, 0.29) is 6.42 Å². The fourth-order valence-electron chi connectivity index (χ4n) is 3.77. The molecule has 0 spiro atoms. The Hall–Kier alpha value is -4.13. The van der Waals surface area contributed by atoms with Crippen LogP contribution in [0.15, 0.2) is 77.8 Å². The molecule has 1 unspecified atom stereocenters. The Balaban J connectivity index is 0.000000393. The summed E-state index contributed by atoms with van der Waals surface area (Å²) in [6, 6.07) is 14.7. The van der Waals surface area contributed by atoms with Gasteiger partial charge in [-0.15, -0.1) is 0 Å². The zero-order chi connectivity index (χ0) is 30.0. The van der Waals surface area contributed by atoms with Crippen LogP contribution in [0.25, 0.3) is 5.69 Å². The number of nitrogens with zero attached hydrogens (tertiary/aromatic N) is 6. The Bertz CT molecular complexity index is 1430. The maximum atomic E-state index is 13.0. The van der Waals surface area contributed by atoms with E-state index in [9.17, 15) is 22.8 Å². The fraction of sp³-hybridized carbons (Fsp3) is 0.286. The number of pyridine rings is 1. The van der Waals surface area contributed by atoms with E-state index in [0.717, 1.165) is 22.1 Å². The first-order valence-corrected chi connectivity index (χ1v) is 13.6. The number of hydrogen-bond donors (Lipinski definition) is 1. The molecule has 13 heteroatoms. The van der Waals surface area contributed by atoms with E-state index in [0.29, 0.717) is 18.4 Å². The number of rotatable bonds is 4. The van der Waals surface area contributed by atoms with Crippen molar-refractivity contribution in [1.29, 1.82) is 0 Å². The van der Waals surface area contributed by atoms with Crippen molar-refractivity contribution in [2.45, 2.75) is 45.8 Å². The lowest BCUT2D eigenvalue weighted by Gasteiger charge is -2.32. The van der Waals surface area contributed by atoms with Crippen LogP contribution in [0.4, 0.5) is 19.0 Å². The molecule has 4 aromatic rings. The highest BCUT2D eigenvalue weighted by Crippen LogP contribution is 2.30. The lowest BCUT2D eigenvalue weighted by molar-refractivity contribution is -0.141. The molecule has 0 aliphatic carbocycles. The summed E-state index contributed by atoms with van der Waals surface area (Å²) in [7, 11) is 0. The van der Waals surface area contributed by atoms with Crippen LogP contribution in [0, 0.1) is 0 Å². The van der Waals surface area contributed by atoms with Gasteiger partial charge in [0.15, 0.2) is 0 Å². The van der Waals surface area contributed by atoms with Crippen LogP contribution in [0.2, 0.25) is 0 Å². The second-order valence-corrected chi connectivity index (χ2v) is 9.49. The second kappa shape index (κ2) is 14.5. The van der Waals surface area contributed by atoms with Crippen LogP contribution in [-0.4, -0.2) is 49.1 Å². The number of hydrogen-bond acceptors (Lipinski definition) is 6. The largest absolute Gasteiger partial charge is 0.433 e. The molecule has 0 fully saturated rings. The molecule has 0 saturated heterocycles. The van der Waals surface area contributed by atoms with Crippen molar-refractivity contribution in [1.82, 2.24) is 30.0 Å². The molecule has 216 valence electrons. The third-order valence-corrected chi connectivity index (χ3v) is 5.93. The first-order valence-electron chi connectivity index (χ1n) is 12.8. The van der Waals surface area contributed by atoms with Crippen molar-refractivity contribution in [2.75, 3.05) is 11.4 Å². The summed E-state index contributed by atoms with van der Waals surface area (Å²) in [5.41, 5.74) is 0.264. The van der Waals surface area contributed by atoms with E-state index in [4.69, 9.17) is 0 Å². The highest BCUT2D eigenvalue weighted by molar-refractivity contribution is 9.10. The van der Waals surface area contributed by atoms with E-state index in [1.54, 1.807) is 24.0 Å². The number of para-hydroxylation sites is 1. The monoisotopic (exact) mass is 631 g/mol. The summed E-state index contributed by atoms with van der Waals surface area (Å²) in [4.78, 5) is 37.8. The van der Waals surface area contributed by atoms with Gasteiger partial charge in [0, 0.05) is 30.9 Å². The number of alkyl halides is 3. The molecule has 41 heavy (non-hydrogen) atoms. The minimum atomic E-state index is -4.71. The minimum absolute atomic E-state index is 0.141. The van der Waals surface area contributed by atoms with Crippen LogP contribution < -0.4 is 10.2 Å². The number of fused-ring (bicyclic) bond motifs is 1. The van der Waals surface area contributed by atoms with Gasteiger partial charge in [0.1, 0.15) is 22.2 Å². The molecule has 1 aromatic carbocycles. The van der Waals surface area contributed by atoms with Crippen molar-refractivity contribution in [3.8, 4) is 5.69 Å². The van der Waals surface area contributed by atoms with Crippen molar-refractivity contribution < 1.29 is 22.8 Å². The smallest absolute Gasteiger partial charge is 0.337 e. The third-order valence-electron chi connectivity index (χ3n) is 5.46. The molecule has 5 rings (SSSR count). The van der Waals surface area contributed by atoms with E-state index >= 15 is 0 Å². The summed E-state index contributed by atoms with van der Waals surface area (Å²) in [5.74, 6) is -1.41. The summed E-state index contributed by atoms with van der Waals surface area (Å²) < 4.78 is 41.1. The molecule has 1 aliphatic heterocycles. The van der Waals surface area contributed by atoms with Gasteiger partial charge in [-0.3, -0.25) is 14.5 Å². The number of amides is 2. The number of carbonyl (C=O) groups excluding carboxylic acids is 2. The average molecular weight is 632 g/mol. The van der Waals surface area contributed by atoms with Crippen molar-refractivity contribution in [2.24, 2.45) is 0 Å². The van der Waals surface area contributed by atoms with Crippen molar-refractivity contribution in [3.63, 3.8) is 0 Å². The van der Waals surface area contributed by atoms with E-state index in [1.165, 1.54) is 11.3 Å². The predicted octanol–water partition coefficient (Wildman–Crippen LogP) is 5.65. The van der Waals surface area contributed by atoms with Crippen LogP contribution in [-0.2, 0) is 17.4 Å². The molecule has 0 saturated carbocycles. The summed E-state index contributed by atoms with van der Waals surface area (Å²) in [5, 5.41) is 6.83. The number of aromatic nitrogens is 5. The molecule has 4 heterocycles. The summed E-state index contributed by atoms with van der Waals surface area (Å²) in [6.07, 6.45) is 0.885. The van der Waals surface area contributed by atoms with Gasteiger partial charge in [0.25, 0.3) is 11.8 Å². The molecule has 1 atom stereocenters. The topological polar surface area (TPSA) is 106 Å². The molecular weight excluding hydrogens is 603 g/mol. The van der Waals surface area contributed by atoms with Gasteiger partial charge in [-0.1, -0.05) is 44.5 Å². The number of halogens is 4. The summed E-state index contributed by atoms with van der Waals surface area (Å²) >= 11 is 3.20. The number of carbonyl (C=O) groups is 2. The first-order chi connectivity index (χ1) is 19.6. The minimum Gasteiger partial charge on any atom is -0.337 e. The molecule has 1 aliphatic rings. The van der Waals surface area contributed by atoms with Gasteiger partial charge in [0.05, 0.1) is 11.9 Å². The number of anilines is 1.